The van der Waals surface area contributed by atoms with Crippen molar-refractivity contribution in [2.75, 3.05) is 44.2 Å². The van der Waals surface area contributed by atoms with E-state index < -0.39 is 17.4 Å². The number of anilines is 1. The van der Waals surface area contributed by atoms with Crippen molar-refractivity contribution in [3.63, 3.8) is 0 Å². The van der Waals surface area contributed by atoms with Crippen molar-refractivity contribution >= 4 is 22.4 Å². The second-order valence-electron chi connectivity index (χ2n) is 8.67. The van der Waals surface area contributed by atoms with Crippen LogP contribution in [0, 0.1) is 6.92 Å². The number of benzene rings is 2. The summed E-state index contributed by atoms with van der Waals surface area (Å²) < 4.78 is 51.2. The molecule has 0 saturated carbocycles. The first-order chi connectivity index (χ1) is 16.6. The first-order valence-electron chi connectivity index (χ1n) is 11.5. The summed E-state index contributed by atoms with van der Waals surface area (Å²) in [5, 5.41) is 0.687. The van der Waals surface area contributed by atoms with Crippen LogP contribution >= 0.6 is 0 Å². The van der Waals surface area contributed by atoms with E-state index in [0.717, 1.165) is 11.6 Å². The molecule has 2 aromatic carbocycles. The van der Waals surface area contributed by atoms with Crippen LogP contribution in [-0.4, -0.2) is 50.0 Å². The third-order valence-electron chi connectivity index (χ3n) is 6.23. The van der Waals surface area contributed by atoms with Gasteiger partial charge < -0.3 is 14.1 Å². The molecule has 35 heavy (non-hydrogen) atoms. The second-order valence-corrected chi connectivity index (χ2v) is 8.67. The number of hydrogen-bond acceptors (Lipinski definition) is 6. The molecular formula is C26H27F3N2O4. The van der Waals surface area contributed by atoms with E-state index in [1.54, 1.807) is 30.0 Å². The molecule has 0 radical (unpaired) electrons. The first kappa shape index (κ1) is 24.8. The van der Waals surface area contributed by atoms with Crippen LogP contribution in [0.4, 0.5) is 18.9 Å². The minimum absolute atomic E-state index is 0.220. The lowest BCUT2D eigenvalue weighted by Crippen LogP contribution is -2.47. The van der Waals surface area contributed by atoms with E-state index in [1.807, 2.05) is 0 Å². The maximum atomic E-state index is 13.3. The smallest absolute Gasteiger partial charge is 0.418 e. The third kappa shape index (κ3) is 5.51. The van der Waals surface area contributed by atoms with Crippen LogP contribution in [0.25, 0.3) is 11.0 Å². The van der Waals surface area contributed by atoms with E-state index >= 15 is 0 Å². The van der Waals surface area contributed by atoms with Gasteiger partial charge in [-0.3, -0.25) is 9.69 Å². The molecule has 4 rings (SSSR count). The lowest BCUT2D eigenvalue weighted by Gasteiger charge is -2.37. The molecule has 0 atom stereocenters. The summed E-state index contributed by atoms with van der Waals surface area (Å²) in [5.74, 6) is 0.113. The van der Waals surface area contributed by atoms with Crippen molar-refractivity contribution < 1.29 is 27.1 Å². The molecule has 1 fully saturated rings. The van der Waals surface area contributed by atoms with Gasteiger partial charge in [0.2, 0.25) is 0 Å². The van der Waals surface area contributed by atoms with Crippen molar-refractivity contribution in [1.29, 1.82) is 0 Å². The molecule has 2 heterocycles. The molecule has 9 heteroatoms. The van der Waals surface area contributed by atoms with Gasteiger partial charge in [-0.2, -0.15) is 13.2 Å². The Morgan fingerprint density at radius 3 is 2.49 bits per heavy atom. The van der Waals surface area contributed by atoms with E-state index in [1.165, 1.54) is 25.1 Å². The van der Waals surface area contributed by atoms with Crippen LogP contribution in [0.1, 0.15) is 34.8 Å². The van der Waals surface area contributed by atoms with Gasteiger partial charge >= 0.3 is 11.8 Å². The van der Waals surface area contributed by atoms with Gasteiger partial charge in [-0.15, -0.1) is 0 Å². The SMILES string of the molecule is CC(=O)c1c(OCCCN2CCN(c3ccccc3C(F)(F)F)CC2)ccc2c(C)cc(=O)oc12. The average molecular weight is 489 g/mol. The number of ketones is 1. The maximum Gasteiger partial charge on any atom is 0.418 e. The number of fused-ring (bicyclic) bond motifs is 1. The molecule has 0 N–H and O–H groups in total. The number of halogens is 3. The largest absolute Gasteiger partial charge is 0.493 e. The van der Waals surface area contributed by atoms with E-state index in [2.05, 4.69) is 4.90 Å². The van der Waals surface area contributed by atoms with Gasteiger partial charge in [-0.1, -0.05) is 12.1 Å². The number of piperazine rings is 1. The van der Waals surface area contributed by atoms with Crippen LogP contribution in [0.5, 0.6) is 5.75 Å². The summed E-state index contributed by atoms with van der Waals surface area (Å²) in [6, 6.07) is 10.5. The Labute approximate surface area is 200 Å². The summed E-state index contributed by atoms with van der Waals surface area (Å²) in [7, 11) is 0. The molecular weight excluding hydrogens is 461 g/mol. The first-order valence-corrected chi connectivity index (χ1v) is 11.5. The van der Waals surface area contributed by atoms with Crippen molar-refractivity contribution in [3.05, 3.63) is 69.6 Å². The number of carbonyl (C=O) groups excluding carboxylic acids is 1. The predicted octanol–water partition coefficient (Wildman–Crippen LogP) is 4.91. The Kier molecular flexibility index (Phi) is 7.16. The summed E-state index contributed by atoms with van der Waals surface area (Å²) in [4.78, 5) is 28.1. The van der Waals surface area contributed by atoms with Crippen LogP contribution in [-0.2, 0) is 6.18 Å². The summed E-state index contributed by atoms with van der Waals surface area (Å²) in [6.45, 7) is 6.55. The zero-order valence-electron chi connectivity index (χ0n) is 19.7. The molecule has 1 saturated heterocycles. The van der Waals surface area contributed by atoms with E-state index in [0.29, 0.717) is 56.9 Å². The Balaban J connectivity index is 1.34. The van der Waals surface area contributed by atoms with Crippen molar-refractivity contribution in [1.82, 2.24) is 4.90 Å². The Morgan fingerprint density at radius 1 is 1.09 bits per heavy atom. The fraction of sp³-hybridized carbons (Fsp3) is 0.385. The standard InChI is InChI=1S/C26H27F3N2O4/c1-17-16-23(33)35-25-19(17)8-9-22(24(25)18(2)32)34-15-5-10-30-11-13-31(14-12-30)21-7-4-3-6-20(21)26(27,28)29/h3-4,6-9,16H,5,10-15H2,1-2H3. The highest BCUT2D eigenvalue weighted by Gasteiger charge is 2.35. The topological polar surface area (TPSA) is 63.0 Å². The van der Waals surface area contributed by atoms with Gasteiger partial charge in [0, 0.05) is 49.9 Å². The number of rotatable bonds is 7. The molecule has 186 valence electrons. The van der Waals surface area contributed by atoms with Crippen molar-refractivity contribution in [2.24, 2.45) is 0 Å². The highest BCUT2D eigenvalue weighted by atomic mass is 19.4. The summed E-state index contributed by atoms with van der Waals surface area (Å²) >= 11 is 0. The fourth-order valence-corrected chi connectivity index (χ4v) is 4.49. The number of carbonyl (C=O) groups is 1. The van der Waals surface area contributed by atoms with Crippen molar-refractivity contribution in [3.8, 4) is 5.75 Å². The monoisotopic (exact) mass is 488 g/mol. The lowest BCUT2D eigenvalue weighted by molar-refractivity contribution is -0.137. The number of hydrogen-bond donors (Lipinski definition) is 0. The van der Waals surface area contributed by atoms with Crippen LogP contribution in [0.3, 0.4) is 0 Å². The van der Waals surface area contributed by atoms with Crippen molar-refractivity contribution in [2.45, 2.75) is 26.4 Å². The number of aryl methyl sites for hydroxylation is 1. The molecule has 1 aliphatic heterocycles. The minimum Gasteiger partial charge on any atom is -0.493 e. The lowest BCUT2D eigenvalue weighted by atomic mass is 10.0. The molecule has 0 bridgehead atoms. The molecule has 1 aliphatic rings. The van der Waals surface area contributed by atoms with Gasteiger partial charge in [0.15, 0.2) is 11.4 Å². The minimum atomic E-state index is -4.38. The Morgan fingerprint density at radius 2 is 1.80 bits per heavy atom. The fourth-order valence-electron chi connectivity index (χ4n) is 4.49. The molecule has 3 aromatic rings. The number of alkyl halides is 3. The molecule has 1 aromatic heterocycles. The van der Waals surface area contributed by atoms with E-state index in [4.69, 9.17) is 9.15 Å². The summed E-state index contributed by atoms with van der Waals surface area (Å²) in [5.41, 5.74) is 0.298. The maximum absolute atomic E-state index is 13.3. The highest BCUT2D eigenvalue weighted by molar-refractivity contribution is 6.07. The average Bonchev–Trinajstić information content (AvgIpc) is 2.81. The second kappa shape index (κ2) is 10.1. The molecule has 0 spiro atoms. The van der Waals surface area contributed by atoms with Gasteiger partial charge in [0.05, 0.1) is 12.2 Å². The van der Waals surface area contributed by atoms with E-state index in [9.17, 15) is 22.8 Å². The number of nitrogens with zero attached hydrogens (tertiary/aromatic N) is 2. The predicted molar refractivity (Wildman–Crippen MR) is 127 cm³/mol. The third-order valence-corrected chi connectivity index (χ3v) is 6.23. The zero-order valence-corrected chi connectivity index (χ0v) is 19.7. The van der Waals surface area contributed by atoms with Gasteiger partial charge in [0.25, 0.3) is 0 Å². The normalized spacial score (nSPS) is 14.9. The number of para-hydroxylation sites is 1. The van der Waals surface area contributed by atoms with E-state index in [-0.39, 0.29) is 22.6 Å². The Bertz CT molecular complexity index is 1280. The van der Waals surface area contributed by atoms with Crippen LogP contribution in [0.15, 0.2) is 51.7 Å². The molecule has 0 unspecified atom stereocenters. The molecule has 6 nitrogen and oxygen atoms in total. The quantitative estimate of drug-likeness (QED) is 0.268. The highest BCUT2D eigenvalue weighted by Crippen LogP contribution is 2.36. The van der Waals surface area contributed by atoms with Crippen LogP contribution in [0.2, 0.25) is 0 Å². The van der Waals surface area contributed by atoms with Gasteiger partial charge in [-0.05, 0) is 50.1 Å². The van der Waals surface area contributed by atoms with Gasteiger partial charge in [0.1, 0.15) is 11.3 Å². The van der Waals surface area contributed by atoms with Gasteiger partial charge in [-0.25, -0.2) is 4.79 Å². The number of Topliss-reactive ketones (excluding diaryl/α,β-unsaturated/α-hetero) is 1. The summed E-state index contributed by atoms with van der Waals surface area (Å²) in [6.07, 6.45) is -3.71. The van der Waals surface area contributed by atoms with Crippen LogP contribution < -0.4 is 15.3 Å². The zero-order chi connectivity index (χ0) is 25.2. The Hall–Kier alpha value is -3.33. The molecule has 0 aliphatic carbocycles. The number of ether oxygens (including phenoxy) is 1. The molecule has 0 amide bonds.